The Kier molecular flexibility index (Phi) is 4.55. The van der Waals surface area contributed by atoms with Crippen molar-refractivity contribution in [1.82, 2.24) is 4.98 Å². The number of rotatable bonds is 5. The minimum absolute atomic E-state index is 0.0708. The van der Waals surface area contributed by atoms with Gasteiger partial charge in [-0.3, -0.25) is 4.79 Å². The summed E-state index contributed by atoms with van der Waals surface area (Å²) in [7, 11) is 0. The molecule has 1 aliphatic rings. The van der Waals surface area contributed by atoms with Crippen molar-refractivity contribution in [2.75, 3.05) is 18.5 Å². The molecule has 8 heteroatoms. The Labute approximate surface area is 159 Å². The van der Waals surface area contributed by atoms with Crippen LogP contribution in [0.25, 0.3) is 11.3 Å². The number of nitrogens with zero attached hydrogens (tertiary/aromatic N) is 1. The van der Waals surface area contributed by atoms with Crippen LogP contribution in [-0.4, -0.2) is 35.3 Å². The number of aromatic hydroxyl groups is 1. The van der Waals surface area contributed by atoms with Crippen LogP contribution in [0.3, 0.4) is 0 Å². The second kappa shape index (κ2) is 7.16. The summed E-state index contributed by atoms with van der Waals surface area (Å²) in [6.45, 7) is 1.01. The van der Waals surface area contributed by atoms with Crippen LogP contribution in [0.1, 0.15) is 10.4 Å². The van der Waals surface area contributed by atoms with E-state index in [9.17, 15) is 9.90 Å². The van der Waals surface area contributed by atoms with Gasteiger partial charge in [0.2, 0.25) is 0 Å². The van der Waals surface area contributed by atoms with Crippen molar-refractivity contribution in [1.29, 1.82) is 0 Å². The molecule has 27 heavy (non-hydrogen) atoms. The van der Waals surface area contributed by atoms with Gasteiger partial charge in [-0.05, 0) is 30.3 Å². The number of carbonyl (C=O) groups excluding carboxylic acids is 1. The molecule has 3 aromatic rings. The topological polar surface area (TPSA) is 107 Å². The number of carbonyl (C=O) groups is 1. The molecule has 1 atom stereocenters. The van der Waals surface area contributed by atoms with E-state index in [1.54, 1.807) is 6.07 Å². The summed E-state index contributed by atoms with van der Waals surface area (Å²) >= 11 is 1.44. The molecular weight excluding hydrogens is 366 g/mol. The molecule has 1 aromatic heterocycles. The number of primary amides is 1. The average molecular weight is 383 g/mol. The number of benzene rings is 2. The molecule has 0 saturated heterocycles. The fraction of sp³-hybridized carbons (Fsp3) is 0.158. The quantitative estimate of drug-likeness (QED) is 0.625. The van der Waals surface area contributed by atoms with Crippen LogP contribution in [0.2, 0.25) is 0 Å². The van der Waals surface area contributed by atoms with Gasteiger partial charge < -0.3 is 25.6 Å². The van der Waals surface area contributed by atoms with E-state index in [4.69, 9.17) is 15.2 Å². The van der Waals surface area contributed by atoms with E-state index in [1.165, 1.54) is 23.5 Å². The predicted molar refractivity (Wildman–Crippen MR) is 103 cm³/mol. The average Bonchev–Trinajstić information content (AvgIpc) is 3.15. The third-order valence-electron chi connectivity index (χ3n) is 4.11. The standard InChI is InChI=1S/C19H17N3O4S/c20-18(24)13-7-11(5-6-15(13)23)14-10-27-19(22-14)21-8-12-9-25-16-3-1-2-4-17(16)26-12/h1-7,10,12,23H,8-9H2,(H2,20,24)(H,21,22). The number of hydrogen-bond acceptors (Lipinski definition) is 7. The zero-order valence-electron chi connectivity index (χ0n) is 14.2. The molecule has 4 rings (SSSR count). The molecule has 2 heterocycles. The van der Waals surface area contributed by atoms with Gasteiger partial charge in [-0.1, -0.05) is 12.1 Å². The summed E-state index contributed by atoms with van der Waals surface area (Å²) in [5, 5.41) is 15.5. The first-order valence-electron chi connectivity index (χ1n) is 8.31. The van der Waals surface area contributed by atoms with E-state index in [2.05, 4.69) is 10.3 Å². The van der Waals surface area contributed by atoms with Gasteiger partial charge in [0.15, 0.2) is 16.6 Å². The van der Waals surface area contributed by atoms with Gasteiger partial charge in [0.1, 0.15) is 18.5 Å². The van der Waals surface area contributed by atoms with Gasteiger partial charge in [0, 0.05) is 10.9 Å². The van der Waals surface area contributed by atoms with Crippen LogP contribution in [0.15, 0.2) is 47.8 Å². The highest BCUT2D eigenvalue weighted by atomic mass is 32.1. The van der Waals surface area contributed by atoms with E-state index in [0.29, 0.717) is 24.4 Å². The van der Waals surface area contributed by atoms with Gasteiger partial charge in [-0.15, -0.1) is 11.3 Å². The normalized spacial score (nSPS) is 15.3. The number of para-hydroxylation sites is 2. The molecular formula is C19H17N3O4S. The lowest BCUT2D eigenvalue weighted by Crippen LogP contribution is -2.35. The maximum Gasteiger partial charge on any atom is 0.252 e. The zero-order chi connectivity index (χ0) is 18.8. The van der Waals surface area contributed by atoms with Crippen molar-refractivity contribution < 1.29 is 19.4 Å². The lowest BCUT2D eigenvalue weighted by atomic mass is 10.1. The van der Waals surface area contributed by atoms with Crippen LogP contribution >= 0.6 is 11.3 Å². The molecule has 2 aromatic carbocycles. The first-order valence-corrected chi connectivity index (χ1v) is 9.19. The Morgan fingerprint density at radius 1 is 1.30 bits per heavy atom. The van der Waals surface area contributed by atoms with E-state index in [0.717, 1.165) is 16.6 Å². The number of nitrogens with one attached hydrogen (secondary N) is 1. The number of phenols is 1. The van der Waals surface area contributed by atoms with Crippen molar-refractivity contribution in [3.63, 3.8) is 0 Å². The second-order valence-electron chi connectivity index (χ2n) is 6.01. The van der Waals surface area contributed by atoms with Crippen molar-refractivity contribution in [3.05, 3.63) is 53.4 Å². The molecule has 1 unspecified atom stereocenters. The number of anilines is 1. The van der Waals surface area contributed by atoms with Gasteiger partial charge >= 0.3 is 0 Å². The van der Waals surface area contributed by atoms with Gasteiger partial charge in [-0.2, -0.15) is 0 Å². The highest BCUT2D eigenvalue weighted by Gasteiger charge is 2.20. The van der Waals surface area contributed by atoms with Crippen molar-refractivity contribution in [2.24, 2.45) is 5.73 Å². The fourth-order valence-corrected chi connectivity index (χ4v) is 3.47. The molecule has 4 N–H and O–H groups in total. The number of hydrogen-bond donors (Lipinski definition) is 3. The Hall–Kier alpha value is -3.26. The van der Waals surface area contributed by atoms with Crippen LogP contribution in [0.5, 0.6) is 17.2 Å². The van der Waals surface area contributed by atoms with Crippen LogP contribution < -0.4 is 20.5 Å². The second-order valence-corrected chi connectivity index (χ2v) is 6.87. The first kappa shape index (κ1) is 17.2. The largest absolute Gasteiger partial charge is 0.507 e. The number of fused-ring (bicyclic) bond motifs is 1. The Bertz CT molecular complexity index is 989. The molecule has 0 bridgehead atoms. The highest BCUT2D eigenvalue weighted by Crippen LogP contribution is 2.32. The Morgan fingerprint density at radius 3 is 2.93 bits per heavy atom. The summed E-state index contributed by atoms with van der Waals surface area (Å²) in [5.41, 5.74) is 6.74. The van der Waals surface area contributed by atoms with E-state index in [1.807, 2.05) is 29.6 Å². The van der Waals surface area contributed by atoms with Crippen LogP contribution in [-0.2, 0) is 0 Å². The predicted octanol–water partition coefficient (Wildman–Crippen LogP) is 2.87. The molecule has 138 valence electrons. The maximum absolute atomic E-state index is 11.4. The zero-order valence-corrected chi connectivity index (χ0v) is 15.0. The number of nitrogens with two attached hydrogens (primary N) is 1. The van der Waals surface area contributed by atoms with Gasteiger partial charge in [-0.25, -0.2) is 4.98 Å². The van der Waals surface area contributed by atoms with Gasteiger partial charge in [0.05, 0.1) is 17.8 Å². The van der Waals surface area contributed by atoms with E-state index < -0.39 is 5.91 Å². The summed E-state index contributed by atoms with van der Waals surface area (Å²) in [6.07, 6.45) is -0.123. The van der Waals surface area contributed by atoms with Crippen molar-refractivity contribution >= 4 is 22.4 Å². The molecule has 0 radical (unpaired) electrons. The molecule has 0 saturated carbocycles. The summed E-state index contributed by atoms with van der Waals surface area (Å²) in [6, 6.07) is 12.2. The van der Waals surface area contributed by atoms with Crippen molar-refractivity contribution in [2.45, 2.75) is 6.10 Å². The lowest BCUT2D eigenvalue weighted by molar-refractivity contribution is 0.0996. The molecule has 7 nitrogen and oxygen atoms in total. The summed E-state index contributed by atoms with van der Waals surface area (Å²) in [4.78, 5) is 15.9. The highest BCUT2D eigenvalue weighted by molar-refractivity contribution is 7.14. The van der Waals surface area contributed by atoms with E-state index in [-0.39, 0.29) is 17.4 Å². The number of ether oxygens (including phenoxy) is 2. The smallest absolute Gasteiger partial charge is 0.252 e. The molecule has 0 spiro atoms. The fourth-order valence-electron chi connectivity index (χ4n) is 2.75. The SMILES string of the molecule is NC(=O)c1cc(-c2csc(NCC3COc4ccccc4O3)n2)ccc1O. The first-order chi connectivity index (χ1) is 13.1. The molecule has 1 amide bonds. The monoisotopic (exact) mass is 383 g/mol. The molecule has 0 fully saturated rings. The van der Waals surface area contributed by atoms with E-state index >= 15 is 0 Å². The minimum atomic E-state index is -0.683. The number of amides is 1. The molecule has 1 aliphatic heterocycles. The molecule has 0 aliphatic carbocycles. The lowest BCUT2D eigenvalue weighted by Gasteiger charge is -2.26. The van der Waals surface area contributed by atoms with Crippen LogP contribution in [0, 0.1) is 0 Å². The summed E-state index contributed by atoms with van der Waals surface area (Å²) < 4.78 is 11.6. The van der Waals surface area contributed by atoms with Gasteiger partial charge in [0.25, 0.3) is 5.91 Å². The Balaban J connectivity index is 1.42. The number of aromatic nitrogens is 1. The van der Waals surface area contributed by atoms with Crippen LogP contribution in [0.4, 0.5) is 5.13 Å². The third-order valence-corrected chi connectivity index (χ3v) is 4.91. The maximum atomic E-state index is 11.4. The number of thiazole rings is 1. The van der Waals surface area contributed by atoms with Crippen molar-refractivity contribution in [3.8, 4) is 28.5 Å². The minimum Gasteiger partial charge on any atom is -0.507 e. The summed E-state index contributed by atoms with van der Waals surface area (Å²) in [5.74, 6) is 0.661. The Morgan fingerprint density at radius 2 is 2.11 bits per heavy atom. The third kappa shape index (κ3) is 3.65.